The fraction of sp³-hybridized carbons (Fsp3) is 0.438. The number of aliphatic imine (C=N–C) groups is 1. The van der Waals surface area contributed by atoms with Gasteiger partial charge < -0.3 is 10.2 Å². The number of amides is 1. The van der Waals surface area contributed by atoms with Crippen molar-refractivity contribution in [3.05, 3.63) is 30.2 Å². The molecule has 1 saturated heterocycles. The second-order valence-corrected chi connectivity index (χ2v) is 6.25. The summed E-state index contributed by atoms with van der Waals surface area (Å²) in [5.74, 6) is 1.94. The predicted octanol–water partition coefficient (Wildman–Crippen LogP) is 1.53. The maximum Gasteiger partial charge on any atom is 0.253 e. The summed E-state index contributed by atoms with van der Waals surface area (Å²) in [4.78, 5) is 23.3. The summed E-state index contributed by atoms with van der Waals surface area (Å²) in [5, 5.41) is 2.84. The van der Waals surface area contributed by atoms with Crippen LogP contribution in [0.1, 0.15) is 25.3 Å². The third-order valence-corrected chi connectivity index (χ3v) is 4.66. The number of hydrogen-bond donors (Lipinski definition) is 1. The molecule has 4 heterocycles. The van der Waals surface area contributed by atoms with E-state index >= 15 is 0 Å². The summed E-state index contributed by atoms with van der Waals surface area (Å²) < 4.78 is 2.11. The molecule has 0 saturated carbocycles. The van der Waals surface area contributed by atoms with E-state index in [-0.39, 0.29) is 5.91 Å². The first kappa shape index (κ1) is 13.3. The number of nitrogens with one attached hydrogen (secondary N) is 1. The molecule has 6 nitrogen and oxygen atoms in total. The topological polar surface area (TPSA) is 62.0 Å². The van der Waals surface area contributed by atoms with E-state index in [0.29, 0.717) is 0 Å². The van der Waals surface area contributed by atoms with Gasteiger partial charge in [0.15, 0.2) is 0 Å². The van der Waals surface area contributed by atoms with Crippen LogP contribution in [0.25, 0.3) is 5.52 Å². The van der Waals surface area contributed by atoms with Crippen LogP contribution >= 0.6 is 0 Å². The van der Waals surface area contributed by atoms with Crippen LogP contribution in [0.2, 0.25) is 0 Å². The van der Waals surface area contributed by atoms with Gasteiger partial charge in [0.1, 0.15) is 23.5 Å². The van der Waals surface area contributed by atoms with E-state index in [9.17, 15) is 4.79 Å². The molecule has 0 atom stereocenters. The van der Waals surface area contributed by atoms with Crippen molar-refractivity contribution < 1.29 is 4.79 Å². The second-order valence-electron chi connectivity index (χ2n) is 6.25. The number of fused-ring (bicyclic) bond motifs is 1. The summed E-state index contributed by atoms with van der Waals surface area (Å²) in [6.07, 6.45) is 5.22. The van der Waals surface area contributed by atoms with Gasteiger partial charge in [-0.1, -0.05) is 0 Å². The van der Waals surface area contributed by atoms with Crippen molar-refractivity contribution in [2.24, 2.45) is 4.99 Å². The van der Waals surface area contributed by atoms with Gasteiger partial charge in [0.05, 0.1) is 11.7 Å². The quantitative estimate of drug-likeness (QED) is 0.868. The highest BCUT2D eigenvalue weighted by Gasteiger charge is 2.45. The third-order valence-electron chi connectivity index (χ3n) is 4.66. The van der Waals surface area contributed by atoms with Gasteiger partial charge in [-0.15, -0.1) is 0 Å². The average molecular weight is 297 g/mol. The minimum absolute atomic E-state index is 0.0571. The number of aryl methyl sites for hydroxylation is 1. The normalized spacial score (nSPS) is 20.5. The zero-order valence-electron chi connectivity index (χ0n) is 12.8. The van der Waals surface area contributed by atoms with E-state index in [1.807, 2.05) is 19.4 Å². The van der Waals surface area contributed by atoms with E-state index in [2.05, 4.69) is 43.7 Å². The van der Waals surface area contributed by atoms with Crippen molar-refractivity contribution in [1.82, 2.24) is 14.7 Å². The highest BCUT2D eigenvalue weighted by molar-refractivity contribution is 6.07. The van der Waals surface area contributed by atoms with E-state index < -0.39 is 5.54 Å². The van der Waals surface area contributed by atoms with Crippen molar-refractivity contribution in [3.8, 4) is 0 Å². The summed E-state index contributed by atoms with van der Waals surface area (Å²) in [6.45, 7) is 5.59. The SMILES string of the molecule is CC1=NC2(CCN(c3cc(C)cc4cncn34)CC2)C(=O)N1. The van der Waals surface area contributed by atoms with Gasteiger partial charge in [-0.2, -0.15) is 0 Å². The number of imidazole rings is 1. The highest BCUT2D eigenvalue weighted by atomic mass is 16.2. The molecule has 2 aromatic rings. The van der Waals surface area contributed by atoms with Crippen LogP contribution in [0.3, 0.4) is 0 Å². The number of anilines is 1. The van der Waals surface area contributed by atoms with Crippen molar-refractivity contribution >= 4 is 23.1 Å². The van der Waals surface area contributed by atoms with E-state index in [4.69, 9.17) is 0 Å². The Bertz CT molecular complexity index is 783. The molecule has 2 aromatic heterocycles. The van der Waals surface area contributed by atoms with Gasteiger partial charge in [-0.25, -0.2) is 4.98 Å². The molecule has 0 bridgehead atoms. The monoisotopic (exact) mass is 297 g/mol. The van der Waals surface area contributed by atoms with Crippen LogP contribution in [0.15, 0.2) is 29.6 Å². The van der Waals surface area contributed by atoms with E-state index in [0.717, 1.165) is 43.1 Å². The molecule has 22 heavy (non-hydrogen) atoms. The lowest BCUT2D eigenvalue weighted by Gasteiger charge is -2.37. The Morgan fingerprint density at radius 2 is 2.00 bits per heavy atom. The predicted molar refractivity (Wildman–Crippen MR) is 85.4 cm³/mol. The molecule has 0 unspecified atom stereocenters. The summed E-state index contributed by atoms with van der Waals surface area (Å²) in [5.41, 5.74) is 1.77. The Morgan fingerprint density at radius 3 is 2.68 bits per heavy atom. The minimum atomic E-state index is -0.543. The van der Waals surface area contributed by atoms with Gasteiger partial charge >= 0.3 is 0 Å². The first-order chi connectivity index (χ1) is 10.6. The van der Waals surface area contributed by atoms with Crippen LogP contribution in [0, 0.1) is 6.92 Å². The van der Waals surface area contributed by atoms with E-state index in [1.165, 1.54) is 5.56 Å². The number of rotatable bonds is 1. The maximum absolute atomic E-state index is 12.2. The molecular formula is C16H19N5O. The fourth-order valence-electron chi connectivity index (χ4n) is 3.52. The zero-order valence-corrected chi connectivity index (χ0v) is 12.8. The first-order valence-electron chi connectivity index (χ1n) is 7.63. The number of pyridine rings is 1. The lowest BCUT2D eigenvalue weighted by molar-refractivity contribution is -0.124. The Kier molecular flexibility index (Phi) is 2.76. The van der Waals surface area contributed by atoms with Gasteiger partial charge in [-0.3, -0.25) is 14.2 Å². The second kappa shape index (κ2) is 4.56. The first-order valence-corrected chi connectivity index (χ1v) is 7.63. The number of hydrogen-bond acceptors (Lipinski definition) is 4. The lowest BCUT2D eigenvalue weighted by Crippen LogP contribution is -2.49. The summed E-state index contributed by atoms with van der Waals surface area (Å²) in [6, 6.07) is 4.30. The Labute approximate surface area is 128 Å². The zero-order chi connectivity index (χ0) is 15.3. The van der Waals surface area contributed by atoms with Gasteiger partial charge in [0, 0.05) is 13.1 Å². The lowest BCUT2D eigenvalue weighted by atomic mass is 9.88. The summed E-state index contributed by atoms with van der Waals surface area (Å²) in [7, 11) is 0. The van der Waals surface area contributed by atoms with Crippen LogP contribution in [-0.4, -0.2) is 39.8 Å². The van der Waals surface area contributed by atoms with Crippen molar-refractivity contribution in [3.63, 3.8) is 0 Å². The molecule has 0 aromatic carbocycles. The van der Waals surface area contributed by atoms with Gasteiger partial charge in [0.25, 0.3) is 5.91 Å². The van der Waals surface area contributed by atoms with Crippen molar-refractivity contribution in [2.75, 3.05) is 18.0 Å². The minimum Gasteiger partial charge on any atom is -0.357 e. The van der Waals surface area contributed by atoms with Crippen LogP contribution in [0.5, 0.6) is 0 Å². The fourth-order valence-corrected chi connectivity index (χ4v) is 3.52. The molecule has 6 heteroatoms. The maximum atomic E-state index is 12.2. The molecule has 2 aliphatic heterocycles. The Morgan fingerprint density at radius 1 is 1.23 bits per heavy atom. The standard InChI is InChI=1S/C16H19N5O/c1-11-7-13-9-17-10-21(13)14(8-11)20-5-3-16(4-6-20)15(22)18-12(2)19-16/h7-10H,3-6H2,1-2H3,(H,18,19,22). The summed E-state index contributed by atoms with van der Waals surface area (Å²) >= 11 is 0. The molecule has 1 fully saturated rings. The number of carbonyl (C=O) groups excluding carboxylic acids is 1. The van der Waals surface area contributed by atoms with Gasteiger partial charge in [-0.05, 0) is 44.4 Å². The van der Waals surface area contributed by atoms with Crippen LogP contribution < -0.4 is 10.2 Å². The number of aromatic nitrogens is 2. The van der Waals surface area contributed by atoms with Crippen molar-refractivity contribution in [1.29, 1.82) is 0 Å². The molecule has 1 amide bonds. The van der Waals surface area contributed by atoms with Crippen molar-refractivity contribution in [2.45, 2.75) is 32.2 Å². The Balaban J connectivity index is 1.64. The Hall–Kier alpha value is -2.37. The largest absolute Gasteiger partial charge is 0.357 e. The van der Waals surface area contributed by atoms with Gasteiger partial charge in [0.2, 0.25) is 0 Å². The molecule has 0 radical (unpaired) electrons. The van der Waals surface area contributed by atoms with Crippen LogP contribution in [-0.2, 0) is 4.79 Å². The average Bonchev–Trinajstić information content (AvgIpc) is 3.04. The molecule has 4 rings (SSSR count). The molecule has 1 N–H and O–H groups in total. The van der Waals surface area contributed by atoms with Crippen LogP contribution in [0.4, 0.5) is 5.82 Å². The van der Waals surface area contributed by atoms with E-state index in [1.54, 1.807) is 0 Å². The molecule has 0 aliphatic carbocycles. The molecule has 1 spiro atoms. The molecule has 2 aliphatic rings. The highest BCUT2D eigenvalue weighted by Crippen LogP contribution is 2.32. The smallest absolute Gasteiger partial charge is 0.253 e. The number of nitrogens with zero attached hydrogens (tertiary/aromatic N) is 4. The number of piperidine rings is 1. The number of amidine groups is 1. The molecule has 114 valence electrons. The molecular weight excluding hydrogens is 278 g/mol. The third kappa shape index (κ3) is 1.90. The number of carbonyl (C=O) groups is 1.